The van der Waals surface area contributed by atoms with Crippen LogP contribution >= 0.6 is 0 Å². The number of hydrogen-bond donors (Lipinski definition) is 2. The molecule has 0 unspecified atom stereocenters. The van der Waals surface area contributed by atoms with Crippen LogP contribution in [0.15, 0.2) is 35.4 Å². The first-order chi connectivity index (χ1) is 11.4. The number of nitrogens with zero attached hydrogens (tertiary/aromatic N) is 2. The van der Waals surface area contributed by atoms with Crippen LogP contribution in [-0.4, -0.2) is 38.6 Å². The Morgan fingerprint density at radius 1 is 1.21 bits per heavy atom. The molecule has 0 fully saturated rings. The summed E-state index contributed by atoms with van der Waals surface area (Å²) in [5.41, 5.74) is 0.993. The van der Waals surface area contributed by atoms with Gasteiger partial charge in [0.2, 0.25) is 21.8 Å². The molecule has 7 nitrogen and oxygen atoms in total. The van der Waals surface area contributed by atoms with Gasteiger partial charge >= 0.3 is 0 Å². The molecular formula is C15H19FN4O3S. The number of methoxy groups -OCH3 is 1. The van der Waals surface area contributed by atoms with Gasteiger partial charge < -0.3 is 10.1 Å². The van der Waals surface area contributed by atoms with E-state index < -0.39 is 15.8 Å². The van der Waals surface area contributed by atoms with Crippen LogP contribution in [0.25, 0.3) is 0 Å². The van der Waals surface area contributed by atoms with E-state index in [4.69, 9.17) is 4.74 Å². The van der Waals surface area contributed by atoms with Crippen LogP contribution in [0.3, 0.4) is 0 Å². The summed E-state index contributed by atoms with van der Waals surface area (Å²) >= 11 is 0. The zero-order valence-corrected chi connectivity index (χ0v) is 14.2. The number of sulfonamides is 1. The molecule has 130 valence electrons. The highest BCUT2D eigenvalue weighted by Gasteiger charge is 2.12. The maximum atomic E-state index is 13.2. The van der Waals surface area contributed by atoms with Gasteiger partial charge in [-0.05, 0) is 25.5 Å². The highest BCUT2D eigenvalue weighted by Crippen LogP contribution is 2.13. The van der Waals surface area contributed by atoms with Crippen LogP contribution in [0.5, 0.6) is 5.88 Å². The van der Waals surface area contributed by atoms with Crippen molar-refractivity contribution in [2.75, 3.05) is 25.5 Å². The third kappa shape index (κ3) is 4.87. The molecule has 1 heterocycles. The van der Waals surface area contributed by atoms with Gasteiger partial charge in [0.15, 0.2) is 0 Å². The van der Waals surface area contributed by atoms with Gasteiger partial charge in [-0.15, -0.1) is 0 Å². The lowest BCUT2D eigenvalue weighted by Crippen LogP contribution is -2.26. The molecule has 0 saturated carbocycles. The summed E-state index contributed by atoms with van der Waals surface area (Å²) in [7, 11) is -2.20. The minimum Gasteiger partial charge on any atom is -0.479 e. The normalized spacial score (nSPS) is 11.3. The number of nitrogens with one attached hydrogen (secondary N) is 2. The van der Waals surface area contributed by atoms with E-state index >= 15 is 0 Å². The molecule has 0 atom stereocenters. The molecule has 0 aliphatic rings. The van der Waals surface area contributed by atoms with Crippen molar-refractivity contribution in [2.45, 2.75) is 18.2 Å². The monoisotopic (exact) mass is 354 g/mol. The molecule has 2 rings (SSSR count). The van der Waals surface area contributed by atoms with Gasteiger partial charge in [-0.25, -0.2) is 18.1 Å². The van der Waals surface area contributed by atoms with Crippen molar-refractivity contribution in [3.63, 3.8) is 0 Å². The Morgan fingerprint density at radius 3 is 2.58 bits per heavy atom. The van der Waals surface area contributed by atoms with Crippen molar-refractivity contribution >= 4 is 16.0 Å². The molecule has 0 aliphatic carbocycles. The van der Waals surface area contributed by atoms with Gasteiger partial charge in [-0.2, -0.15) is 9.37 Å². The van der Waals surface area contributed by atoms with Crippen LogP contribution in [0.1, 0.15) is 12.0 Å². The second-order valence-electron chi connectivity index (χ2n) is 5.04. The second kappa shape index (κ2) is 8.02. The molecule has 24 heavy (non-hydrogen) atoms. The van der Waals surface area contributed by atoms with E-state index in [2.05, 4.69) is 20.0 Å². The zero-order valence-electron chi connectivity index (χ0n) is 13.4. The fraction of sp³-hybridized carbons (Fsp3) is 0.333. The Bertz CT molecular complexity index is 782. The Labute approximate surface area is 140 Å². The van der Waals surface area contributed by atoms with E-state index in [1.54, 1.807) is 24.3 Å². The molecule has 0 radical (unpaired) electrons. The summed E-state index contributed by atoms with van der Waals surface area (Å²) in [5, 5.41) is 2.88. The van der Waals surface area contributed by atoms with Gasteiger partial charge in [-0.1, -0.05) is 17.7 Å². The largest absolute Gasteiger partial charge is 0.479 e. The van der Waals surface area contributed by atoms with Crippen molar-refractivity contribution in [1.82, 2.24) is 14.7 Å². The second-order valence-corrected chi connectivity index (χ2v) is 6.81. The molecule has 9 heteroatoms. The first kappa shape index (κ1) is 18.1. The number of aryl methyl sites for hydroxylation is 1. The lowest BCUT2D eigenvalue weighted by atomic mass is 10.2. The summed E-state index contributed by atoms with van der Waals surface area (Å²) in [6.07, 6.45) is 1.52. The zero-order chi connectivity index (χ0) is 17.6. The first-order valence-electron chi connectivity index (χ1n) is 7.29. The van der Waals surface area contributed by atoms with E-state index in [1.807, 2.05) is 6.92 Å². The summed E-state index contributed by atoms with van der Waals surface area (Å²) in [6.45, 7) is 2.56. The molecule has 0 bridgehead atoms. The molecule has 0 saturated heterocycles. The number of halogens is 1. The van der Waals surface area contributed by atoms with Gasteiger partial charge in [0.05, 0.1) is 18.2 Å². The Morgan fingerprint density at radius 2 is 1.92 bits per heavy atom. The topological polar surface area (TPSA) is 93.2 Å². The molecule has 0 amide bonds. The number of aromatic nitrogens is 2. The van der Waals surface area contributed by atoms with Crippen LogP contribution in [0.2, 0.25) is 0 Å². The summed E-state index contributed by atoms with van der Waals surface area (Å²) in [6, 6.07) is 6.62. The lowest BCUT2D eigenvalue weighted by Gasteiger charge is -2.08. The predicted octanol–water partition coefficient (Wildman–Crippen LogP) is 1.71. The lowest BCUT2D eigenvalue weighted by molar-refractivity contribution is 0.368. The number of anilines is 1. The van der Waals surface area contributed by atoms with E-state index in [1.165, 1.54) is 7.11 Å². The third-order valence-electron chi connectivity index (χ3n) is 3.17. The van der Waals surface area contributed by atoms with Gasteiger partial charge in [0.1, 0.15) is 0 Å². The number of hydrogen-bond acceptors (Lipinski definition) is 6. The smallest absolute Gasteiger partial charge is 0.255 e. The fourth-order valence-electron chi connectivity index (χ4n) is 1.88. The summed E-state index contributed by atoms with van der Waals surface area (Å²) in [4.78, 5) is 7.84. The molecular weight excluding hydrogens is 335 g/mol. The quantitative estimate of drug-likeness (QED) is 0.701. The van der Waals surface area contributed by atoms with E-state index in [0.717, 1.165) is 11.8 Å². The van der Waals surface area contributed by atoms with E-state index in [9.17, 15) is 12.8 Å². The van der Waals surface area contributed by atoms with E-state index in [-0.39, 0.29) is 23.3 Å². The average Bonchev–Trinajstić information content (AvgIpc) is 2.56. The number of rotatable bonds is 8. The Balaban J connectivity index is 1.79. The van der Waals surface area contributed by atoms with Crippen LogP contribution < -0.4 is 14.8 Å². The third-order valence-corrected chi connectivity index (χ3v) is 4.64. The predicted molar refractivity (Wildman–Crippen MR) is 88.0 cm³/mol. The maximum Gasteiger partial charge on any atom is 0.255 e. The van der Waals surface area contributed by atoms with Crippen molar-refractivity contribution in [2.24, 2.45) is 0 Å². The average molecular weight is 354 g/mol. The molecule has 2 N–H and O–H groups in total. The highest BCUT2D eigenvalue weighted by atomic mass is 32.2. The highest BCUT2D eigenvalue weighted by molar-refractivity contribution is 7.89. The number of ether oxygens (including phenoxy) is 1. The van der Waals surface area contributed by atoms with Crippen LogP contribution in [-0.2, 0) is 10.0 Å². The SMILES string of the molecule is COc1nc(NCCCNS(=O)(=O)c2ccc(C)cc2)ncc1F. The standard InChI is InChI=1S/C15H19FN4O3S/c1-11-4-6-12(7-5-11)24(21,22)19-9-3-8-17-15-18-10-13(16)14(20-15)23-2/h4-7,10,19H,3,8-9H2,1-2H3,(H,17,18,20). The van der Waals surface area contributed by atoms with Crippen molar-refractivity contribution in [1.29, 1.82) is 0 Å². The van der Waals surface area contributed by atoms with Gasteiger partial charge in [-0.3, -0.25) is 0 Å². The molecule has 0 spiro atoms. The molecule has 0 aliphatic heterocycles. The van der Waals surface area contributed by atoms with Crippen molar-refractivity contribution in [3.05, 3.63) is 41.8 Å². The van der Waals surface area contributed by atoms with Crippen LogP contribution in [0.4, 0.5) is 10.3 Å². The number of benzene rings is 1. The first-order valence-corrected chi connectivity index (χ1v) is 8.77. The van der Waals surface area contributed by atoms with Gasteiger partial charge in [0.25, 0.3) is 5.88 Å². The van der Waals surface area contributed by atoms with Gasteiger partial charge in [0, 0.05) is 13.1 Å². The maximum absolute atomic E-state index is 13.2. The fourth-order valence-corrected chi connectivity index (χ4v) is 2.95. The Hall–Kier alpha value is -2.26. The molecule has 1 aromatic heterocycles. The summed E-state index contributed by atoms with van der Waals surface area (Å²) < 4.78 is 44.6. The minimum absolute atomic E-state index is 0.146. The molecule has 2 aromatic rings. The van der Waals surface area contributed by atoms with Crippen molar-refractivity contribution in [3.8, 4) is 5.88 Å². The summed E-state index contributed by atoms with van der Waals surface area (Å²) in [5.74, 6) is -0.573. The van der Waals surface area contributed by atoms with Crippen LogP contribution in [0, 0.1) is 12.7 Å². The Kier molecular flexibility index (Phi) is 6.04. The van der Waals surface area contributed by atoms with Crippen molar-refractivity contribution < 1.29 is 17.5 Å². The minimum atomic E-state index is -3.52. The molecule has 1 aromatic carbocycles. The van der Waals surface area contributed by atoms with E-state index in [0.29, 0.717) is 13.0 Å².